The van der Waals surface area contributed by atoms with Gasteiger partial charge in [-0.2, -0.15) is 0 Å². The zero-order valence-electron chi connectivity index (χ0n) is 10.6. The van der Waals surface area contributed by atoms with Gasteiger partial charge < -0.3 is 10.2 Å². The Kier molecular flexibility index (Phi) is 7.90. The largest absolute Gasteiger partial charge is 0.364 e. The van der Waals surface area contributed by atoms with Crippen LogP contribution in [0.5, 0.6) is 0 Å². The molecule has 0 atom stereocenters. The smallest absolute Gasteiger partial charge is 0.321 e. The fraction of sp³-hybridized carbons (Fsp3) is 0.700. The minimum Gasteiger partial charge on any atom is -0.364 e. The van der Waals surface area contributed by atoms with Crippen molar-refractivity contribution in [3.8, 4) is 0 Å². The maximum atomic E-state index is 11.4. The second-order valence-electron chi connectivity index (χ2n) is 4.10. The number of nitrogens with zero attached hydrogens (tertiary/aromatic N) is 1. The summed E-state index contributed by atoms with van der Waals surface area (Å²) in [6, 6.07) is -0.458. The van der Waals surface area contributed by atoms with Crippen molar-refractivity contribution in [2.24, 2.45) is 5.92 Å². The molecule has 2 N–H and O–H groups in total. The van der Waals surface area contributed by atoms with E-state index in [2.05, 4.69) is 10.6 Å². The van der Waals surface area contributed by atoms with Crippen LogP contribution in [-0.4, -0.2) is 47.6 Å². The SMILES string of the molecule is CC(C)CNC(=O)NC(=O)CSC(=S)N(C)C. The van der Waals surface area contributed by atoms with Crippen molar-refractivity contribution in [1.29, 1.82) is 0 Å². The van der Waals surface area contributed by atoms with E-state index < -0.39 is 6.03 Å². The molecule has 0 aliphatic carbocycles. The predicted octanol–water partition coefficient (Wildman–Crippen LogP) is 1.05. The molecule has 0 unspecified atom stereocenters. The molecule has 0 aliphatic rings. The lowest BCUT2D eigenvalue weighted by Crippen LogP contribution is -2.41. The molecule has 0 rings (SSSR count). The standard InChI is InChI=1S/C10H19N3O2S2/c1-7(2)5-11-9(15)12-8(14)6-17-10(16)13(3)4/h7H,5-6H2,1-4H3,(H2,11,12,14,15). The number of thiocarbonyl (C=S) groups is 1. The van der Waals surface area contributed by atoms with Gasteiger partial charge in [0, 0.05) is 20.6 Å². The highest BCUT2D eigenvalue weighted by Gasteiger charge is 2.09. The van der Waals surface area contributed by atoms with Gasteiger partial charge in [0.25, 0.3) is 0 Å². The molecule has 0 bridgehead atoms. The summed E-state index contributed by atoms with van der Waals surface area (Å²) < 4.78 is 0.614. The Labute approximate surface area is 112 Å². The summed E-state index contributed by atoms with van der Waals surface area (Å²) in [5.74, 6) is 0.151. The van der Waals surface area contributed by atoms with Gasteiger partial charge in [-0.15, -0.1) is 0 Å². The number of hydrogen-bond donors (Lipinski definition) is 2. The van der Waals surface area contributed by atoms with E-state index >= 15 is 0 Å². The number of nitrogens with one attached hydrogen (secondary N) is 2. The number of thioether (sulfide) groups is 1. The molecule has 0 aromatic carbocycles. The first-order valence-corrected chi connectivity index (χ1v) is 6.64. The molecular weight excluding hydrogens is 258 g/mol. The van der Waals surface area contributed by atoms with E-state index in [-0.39, 0.29) is 11.7 Å². The Morgan fingerprint density at radius 3 is 2.41 bits per heavy atom. The molecule has 0 aliphatic heterocycles. The summed E-state index contributed by atoms with van der Waals surface area (Å²) in [7, 11) is 3.62. The molecule has 0 saturated carbocycles. The van der Waals surface area contributed by atoms with E-state index in [1.165, 1.54) is 11.8 Å². The summed E-state index contributed by atoms with van der Waals surface area (Å²) in [6.07, 6.45) is 0. The maximum Gasteiger partial charge on any atom is 0.321 e. The van der Waals surface area contributed by atoms with Gasteiger partial charge in [0.2, 0.25) is 5.91 Å². The zero-order chi connectivity index (χ0) is 13.4. The van der Waals surface area contributed by atoms with Gasteiger partial charge in [0.1, 0.15) is 4.32 Å². The van der Waals surface area contributed by atoms with Crippen molar-refractivity contribution >= 4 is 40.2 Å². The first-order valence-electron chi connectivity index (χ1n) is 5.24. The fourth-order valence-electron chi connectivity index (χ4n) is 0.760. The Balaban J connectivity index is 3.79. The topological polar surface area (TPSA) is 61.4 Å². The van der Waals surface area contributed by atoms with Crippen LogP contribution in [0.4, 0.5) is 4.79 Å². The minimum atomic E-state index is -0.458. The number of carbonyl (C=O) groups excluding carboxylic acids is 2. The molecule has 5 nitrogen and oxygen atoms in total. The lowest BCUT2D eigenvalue weighted by atomic mass is 10.2. The number of carbonyl (C=O) groups is 2. The van der Waals surface area contributed by atoms with Gasteiger partial charge >= 0.3 is 6.03 Å². The number of rotatable bonds is 4. The summed E-state index contributed by atoms with van der Waals surface area (Å²) in [5, 5.41) is 4.84. The van der Waals surface area contributed by atoms with Gasteiger partial charge in [0.05, 0.1) is 5.75 Å². The lowest BCUT2D eigenvalue weighted by molar-refractivity contribution is -0.117. The minimum absolute atomic E-state index is 0.145. The Bertz CT molecular complexity index is 293. The van der Waals surface area contributed by atoms with Gasteiger partial charge in [-0.3, -0.25) is 10.1 Å². The first-order chi connectivity index (χ1) is 7.82. The van der Waals surface area contributed by atoms with Crippen molar-refractivity contribution in [1.82, 2.24) is 15.5 Å². The van der Waals surface area contributed by atoms with Crippen LogP contribution in [0.3, 0.4) is 0 Å². The summed E-state index contributed by atoms with van der Waals surface area (Å²) in [5.41, 5.74) is 0. The summed E-state index contributed by atoms with van der Waals surface area (Å²) in [4.78, 5) is 24.3. The third-order valence-corrected chi connectivity index (χ3v) is 3.35. The van der Waals surface area contributed by atoms with Crippen LogP contribution in [0.2, 0.25) is 0 Å². The van der Waals surface area contributed by atoms with Crippen molar-refractivity contribution in [3.63, 3.8) is 0 Å². The average Bonchev–Trinajstić information content (AvgIpc) is 2.22. The second-order valence-corrected chi connectivity index (χ2v) is 5.71. The van der Waals surface area contributed by atoms with Gasteiger partial charge in [-0.1, -0.05) is 37.8 Å². The molecule has 0 radical (unpaired) electrons. The van der Waals surface area contributed by atoms with E-state index in [0.717, 1.165) is 0 Å². The van der Waals surface area contributed by atoms with E-state index in [0.29, 0.717) is 16.8 Å². The second kappa shape index (κ2) is 8.30. The molecule has 0 spiro atoms. The molecule has 0 fully saturated rings. The molecular formula is C10H19N3O2S2. The summed E-state index contributed by atoms with van der Waals surface area (Å²) in [6.45, 7) is 4.50. The van der Waals surface area contributed by atoms with Crippen molar-refractivity contribution in [3.05, 3.63) is 0 Å². The molecule has 17 heavy (non-hydrogen) atoms. The van der Waals surface area contributed by atoms with E-state index in [1.807, 2.05) is 27.9 Å². The Hall–Kier alpha value is -0.820. The molecule has 0 saturated heterocycles. The van der Waals surface area contributed by atoms with Crippen LogP contribution in [0.25, 0.3) is 0 Å². The Morgan fingerprint density at radius 2 is 1.94 bits per heavy atom. The predicted molar refractivity (Wildman–Crippen MR) is 75.1 cm³/mol. The molecule has 7 heteroatoms. The average molecular weight is 277 g/mol. The molecule has 0 heterocycles. The van der Waals surface area contributed by atoms with Crippen LogP contribution in [0.1, 0.15) is 13.8 Å². The highest BCUT2D eigenvalue weighted by Crippen LogP contribution is 2.05. The van der Waals surface area contributed by atoms with Crippen molar-refractivity contribution < 1.29 is 9.59 Å². The number of imide groups is 1. The quantitative estimate of drug-likeness (QED) is 0.752. The third-order valence-electron chi connectivity index (χ3n) is 1.62. The fourth-order valence-corrected chi connectivity index (χ4v) is 1.52. The lowest BCUT2D eigenvalue weighted by Gasteiger charge is -2.12. The monoisotopic (exact) mass is 277 g/mol. The van der Waals surface area contributed by atoms with E-state index in [1.54, 1.807) is 4.90 Å². The summed E-state index contributed by atoms with van der Waals surface area (Å²) >= 11 is 6.23. The van der Waals surface area contributed by atoms with E-state index in [4.69, 9.17) is 12.2 Å². The molecule has 3 amide bonds. The molecule has 0 aromatic heterocycles. The zero-order valence-corrected chi connectivity index (χ0v) is 12.2. The number of hydrogen-bond acceptors (Lipinski definition) is 4. The normalized spacial score (nSPS) is 9.94. The van der Waals surface area contributed by atoms with Crippen molar-refractivity contribution in [2.45, 2.75) is 13.8 Å². The maximum absolute atomic E-state index is 11.4. The Morgan fingerprint density at radius 1 is 1.35 bits per heavy atom. The van der Waals surface area contributed by atoms with Crippen LogP contribution >= 0.6 is 24.0 Å². The highest BCUT2D eigenvalue weighted by molar-refractivity contribution is 8.23. The van der Waals surface area contributed by atoms with Crippen LogP contribution in [0, 0.1) is 5.92 Å². The first kappa shape index (κ1) is 16.2. The van der Waals surface area contributed by atoms with Crippen molar-refractivity contribution in [2.75, 3.05) is 26.4 Å². The van der Waals surface area contributed by atoms with Gasteiger partial charge in [-0.05, 0) is 5.92 Å². The van der Waals surface area contributed by atoms with Crippen LogP contribution in [0.15, 0.2) is 0 Å². The van der Waals surface area contributed by atoms with Crippen LogP contribution in [-0.2, 0) is 4.79 Å². The van der Waals surface area contributed by atoms with Gasteiger partial charge in [-0.25, -0.2) is 4.79 Å². The number of urea groups is 1. The van der Waals surface area contributed by atoms with E-state index in [9.17, 15) is 9.59 Å². The molecule has 0 aromatic rings. The highest BCUT2D eigenvalue weighted by atomic mass is 32.2. The molecule has 98 valence electrons. The third kappa shape index (κ3) is 8.93. The van der Waals surface area contributed by atoms with Gasteiger partial charge in [0.15, 0.2) is 0 Å². The van der Waals surface area contributed by atoms with Crippen LogP contribution < -0.4 is 10.6 Å². The number of amides is 3.